The van der Waals surface area contributed by atoms with Gasteiger partial charge in [-0.1, -0.05) is 15.9 Å². The molecular formula is C12H9Br2F4N3. The highest BCUT2D eigenvalue weighted by Gasteiger charge is 2.46. The van der Waals surface area contributed by atoms with Gasteiger partial charge in [0.15, 0.2) is 0 Å². The number of hydrogen-bond acceptors (Lipinski definition) is 3. The quantitative estimate of drug-likeness (QED) is 0.698. The second kappa shape index (κ2) is 6.04. The summed E-state index contributed by atoms with van der Waals surface area (Å²) >= 11 is 6.46. The Morgan fingerprint density at radius 3 is 2.48 bits per heavy atom. The molecule has 2 aromatic rings. The van der Waals surface area contributed by atoms with Crippen molar-refractivity contribution in [3.8, 4) is 0 Å². The zero-order valence-electron chi connectivity index (χ0n) is 10.6. The number of alkyl halides is 4. The Labute approximate surface area is 134 Å². The molecule has 114 valence electrons. The van der Waals surface area contributed by atoms with E-state index in [9.17, 15) is 17.6 Å². The van der Waals surface area contributed by atoms with Gasteiger partial charge >= 0.3 is 12.3 Å². The Bertz CT molecular complexity index is 679. The number of fused-ring (bicyclic) bond motifs is 1. The van der Waals surface area contributed by atoms with Crippen molar-refractivity contribution in [3.05, 3.63) is 26.9 Å². The number of nitrogens with zero attached hydrogens (tertiary/aromatic N) is 2. The average molecular weight is 431 g/mol. The smallest absolute Gasteiger partial charge is 0.365 e. The maximum atomic E-state index is 13.5. The zero-order chi connectivity index (χ0) is 15.8. The molecule has 1 N–H and O–H groups in total. The Morgan fingerprint density at radius 2 is 1.90 bits per heavy atom. The molecule has 21 heavy (non-hydrogen) atoms. The minimum atomic E-state index is -4.41. The van der Waals surface area contributed by atoms with E-state index in [0.717, 1.165) is 0 Å². The van der Waals surface area contributed by atoms with Crippen molar-refractivity contribution >= 4 is 48.6 Å². The van der Waals surface area contributed by atoms with E-state index in [2.05, 4.69) is 47.1 Å². The topological polar surface area (TPSA) is 37.8 Å². The second-order valence-corrected chi connectivity index (χ2v) is 5.90. The summed E-state index contributed by atoms with van der Waals surface area (Å²) < 4.78 is 53.1. The van der Waals surface area contributed by atoms with E-state index in [-0.39, 0.29) is 11.3 Å². The Balaban J connectivity index is 2.77. The van der Waals surface area contributed by atoms with Crippen LogP contribution in [0.25, 0.3) is 10.9 Å². The van der Waals surface area contributed by atoms with Crippen molar-refractivity contribution in [3.63, 3.8) is 0 Å². The van der Waals surface area contributed by atoms with Crippen LogP contribution in [0.15, 0.2) is 21.1 Å². The van der Waals surface area contributed by atoms with Gasteiger partial charge in [0.05, 0.1) is 5.52 Å². The number of aromatic nitrogens is 2. The first-order valence-electron chi connectivity index (χ1n) is 5.84. The summed E-state index contributed by atoms with van der Waals surface area (Å²) in [6, 6.07) is 3.22. The molecular weight excluding hydrogens is 422 g/mol. The van der Waals surface area contributed by atoms with E-state index in [1.165, 1.54) is 0 Å². The normalized spacial score (nSPS) is 12.2. The summed E-state index contributed by atoms with van der Waals surface area (Å²) in [5.41, 5.74) is 0.138. The number of nitrogens with one attached hydrogen (secondary N) is 1. The molecule has 0 saturated heterocycles. The van der Waals surface area contributed by atoms with Gasteiger partial charge in [0, 0.05) is 20.9 Å². The summed E-state index contributed by atoms with van der Waals surface area (Å²) in [4.78, 5) is 7.17. The maximum Gasteiger partial charge on any atom is 0.365 e. The maximum absolute atomic E-state index is 13.5. The molecule has 1 aromatic heterocycles. The lowest BCUT2D eigenvalue weighted by atomic mass is 10.2. The molecule has 0 saturated carbocycles. The van der Waals surface area contributed by atoms with Crippen molar-refractivity contribution < 1.29 is 17.6 Å². The molecule has 0 aliphatic heterocycles. The molecule has 0 spiro atoms. The molecule has 1 aromatic carbocycles. The molecule has 0 aliphatic rings. The summed E-state index contributed by atoms with van der Waals surface area (Å²) in [5.74, 6) is -5.53. The van der Waals surface area contributed by atoms with Crippen molar-refractivity contribution in [2.24, 2.45) is 0 Å². The summed E-state index contributed by atoms with van der Waals surface area (Å²) in [6.45, 7) is 2.14. The number of anilines is 1. The van der Waals surface area contributed by atoms with Crippen LogP contribution in [0.4, 0.5) is 23.4 Å². The highest BCUT2D eigenvalue weighted by Crippen LogP contribution is 2.37. The summed E-state index contributed by atoms with van der Waals surface area (Å²) in [5, 5.41) is 3.24. The standard InChI is InChI=1S/C12H9Br2F4N3/c1-2-19-9-6-3-5(13)4-7(14)8(6)20-11(21-9)12(17,18)10(15)16/h3-4,10H,2H2,1H3,(H,19,20,21). The van der Waals surface area contributed by atoms with Gasteiger partial charge in [-0.3, -0.25) is 0 Å². The number of hydrogen-bond donors (Lipinski definition) is 1. The highest BCUT2D eigenvalue weighted by molar-refractivity contribution is 9.11. The molecule has 0 radical (unpaired) electrons. The highest BCUT2D eigenvalue weighted by atomic mass is 79.9. The van der Waals surface area contributed by atoms with Gasteiger partial charge < -0.3 is 5.32 Å². The Kier molecular flexibility index (Phi) is 4.72. The third-order valence-corrected chi connectivity index (χ3v) is 3.70. The SMILES string of the molecule is CCNc1nc(C(F)(F)C(F)F)nc2c(Br)cc(Br)cc12. The van der Waals surface area contributed by atoms with Crippen molar-refractivity contribution in [1.29, 1.82) is 0 Å². The van der Waals surface area contributed by atoms with Gasteiger partial charge in [0.2, 0.25) is 5.82 Å². The molecule has 3 nitrogen and oxygen atoms in total. The lowest BCUT2D eigenvalue weighted by Gasteiger charge is -2.17. The van der Waals surface area contributed by atoms with Crippen LogP contribution in [-0.4, -0.2) is 22.9 Å². The van der Waals surface area contributed by atoms with E-state index < -0.39 is 18.2 Å². The van der Waals surface area contributed by atoms with Crippen LogP contribution in [0, 0.1) is 0 Å². The molecule has 0 amide bonds. The fourth-order valence-corrected chi connectivity index (χ4v) is 3.02. The summed E-state index contributed by atoms with van der Waals surface area (Å²) in [7, 11) is 0. The number of rotatable bonds is 4. The van der Waals surface area contributed by atoms with Crippen LogP contribution in [-0.2, 0) is 5.92 Å². The number of halogens is 6. The predicted octanol–water partition coefficient (Wildman–Crippen LogP) is 4.94. The minimum Gasteiger partial charge on any atom is -0.370 e. The van der Waals surface area contributed by atoms with Crippen molar-refractivity contribution in [1.82, 2.24) is 9.97 Å². The zero-order valence-corrected chi connectivity index (χ0v) is 13.8. The van der Waals surface area contributed by atoms with Gasteiger partial charge in [0.1, 0.15) is 5.82 Å². The van der Waals surface area contributed by atoms with E-state index >= 15 is 0 Å². The molecule has 1 heterocycles. The van der Waals surface area contributed by atoms with Gasteiger partial charge in [-0.25, -0.2) is 18.7 Å². The van der Waals surface area contributed by atoms with E-state index in [1.54, 1.807) is 19.1 Å². The molecule has 0 bridgehead atoms. The third-order valence-electron chi connectivity index (χ3n) is 2.64. The molecule has 0 unspecified atom stereocenters. The second-order valence-electron chi connectivity index (χ2n) is 4.13. The molecule has 9 heteroatoms. The van der Waals surface area contributed by atoms with Crippen LogP contribution >= 0.6 is 31.9 Å². The first kappa shape index (κ1) is 16.4. The average Bonchev–Trinajstić information content (AvgIpc) is 2.39. The number of benzene rings is 1. The van der Waals surface area contributed by atoms with E-state index in [4.69, 9.17) is 0 Å². The molecule has 2 rings (SSSR count). The van der Waals surface area contributed by atoms with Gasteiger partial charge in [-0.2, -0.15) is 8.78 Å². The van der Waals surface area contributed by atoms with Crippen LogP contribution in [0.3, 0.4) is 0 Å². The van der Waals surface area contributed by atoms with Crippen LogP contribution in [0.2, 0.25) is 0 Å². The monoisotopic (exact) mass is 429 g/mol. The molecule has 0 fully saturated rings. The van der Waals surface area contributed by atoms with Gasteiger partial charge in [-0.05, 0) is 35.0 Å². The fourth-order valence-electron chi connectivity index (χ4n) is 1.71. The minimum absolute atomic E-state index is 0.0832. The van der Waals surface area contributed by atoms with Crippen LogP contribution in [0.5, 0.6) is 0 Å². The third kappa shape index (κ3) is 3.13. The Morgan fingerprint density at radius 1 is 1.24 bits per heavy atom. The summed E-state index contributed by atoms with van der Waals surface area (Å²) in [6.07, 6.45) is -3.88. The predicted molar refractivity (Wildman–Crippen MR) is 79.0 cm³/mol. The molecule has 0 atom stereocenters. The van der Waals surface area contributed by atoms with E-state index in [0.29, 0.717) is 20.9 Å². The van der Waals surface area contributed by atoms with Gasteiger partial charge in [-0.15, -0.1) is 0 Å². The van der Waals surface area contributed by atoms with Crippen LogP contribution < -0.4 is 5.32 Å². The van der Waals surface area contributed by atoms with Gasteiger partial charge in [0.25, 0.3) is 0 Å². The lowest BCUT2D eigenvalue weighted by Crippen LogP contribution is -2.27. The first-order valence-corrected chi connectivity index (χ1v) is 7.43. The van der Waals surface area contributed by atoms with Crippen molar-refractivity contribution in [2.75, 3.05) is 11.9 Å². The van der Waals surface area contributed by atoms with E-state index in [1.807, 2.05) is 0 Å². The Hall–Kier alpha value is -0.960. The fraction of sp³-hybridized carbons (Fsp3) is 0.333. The van der Waals surface area contributed by atoms with Crippen LogP contribution in [0.1, 0.15) is 12.7 Å². The van der Waals surface area contributed by atoms with Crippen molar-refractivity contribution in [2.45, 2.75) is 19.3 Å². The lowest BCUT2D eigenvalue weighted by molar-refractivity contribution is -0.140. The largest absolute Gasteiger partial charge is 0.370 e. The first-order chi connectivity index (χ1) is 9.77. The molecule has 0 aliphatic carbocycles.